The van der Waals surface area contributed by atoms with E-state index in [0.29, 0.717) is 5.92 Å². The molecule has 0 radical (unpaired) electrons. The van der Waals surface area contributed by atoms with Gasteiger partial charge in [-0.25, -0.2) is 9.97 Å². The first-order valence-electron chi connectivity index (χ1n) is 8.37. The molecule has 6 heteroatoms. The summed E-state index contributed by atoms with van der Waals surface area (Å²) in [5, 5.41) is 6.89. The Kier molecular flexibility index (Phi) is 4.97. The maximum Gasteiger partial charge on any atom is 0.290 e. The quantitative estimate of drug-likeness (QED) is 0.548. The van der Waals surface area contributed by atoms with Crippen molar-refractivity contribution in [1.29, 1.82) is 0 Å². The van der Waals surface area contributed by atoms with Crippen molar-refractivity contribution >= 4 is 17.5 Å². The van der Waals surface area contributed by atoms with Gasteiger partial charge < -0.3 is 14.7 Å². The van der Waals surface area contributed by atoms with Gasteiger partial charge in [0.15, 0.2) is 0 Å². The summed E-state index contributed by atoms with van der Waals surface area (Å²) in [6.07, 6.45) is 13.7. The zero-order chi connectivity index (χ0) is 17.8. The van der Waals surface area contributed by atoms with Gasteiger partial charge in [-0.15, -0.1) is 0 Å². The Morgan fingerprint density at radius 2 is 2.08 bits per heavy atom. The zero-order valence-corrected chi connectivity index (χ0v) is 14.4. The predicted molar refractivity (Wildman–Crippen MR) is 97.1 cm³/mol. The molecule has 2 N–H and O–H groups in total. The lowest BCUT2D eigenvalue weighted by Gasteiger charge is -2.20. The first kappa shape index (κ1) is 17.0. The largest absolute Gasteiger partial charge is 0.483 e. The Hall–Kier alpha value is -2.89. The van der Waals surface area contributed by atoms with E-state index in [1.54, 1.807) is 6.33 Å². The molecule has 0 aliphatic heterocycles. The van der Waals surface area contributed by atoms with Crippen molar-refractivity contribution in [3.63, 3.8) is 0 Å². The summed E-state index contributed by atoms with van der Waals surface area (Å²) < 4.78 is 2.26. The molecule has 0 spiro atoms. The highest BCUT2D eigenvalue weighted by atomic mass is 16.3. The Balaban J connectivity index is 0.000000569. The van der Waals surface area contributed by atoms with Gasteiger partial charge in [0, 0.05) is 18.3 Å². The number of benzene rings is 1. The van der Waals surface area contributed by atoms with Crippen LogP contribution in [0, 0.1) is 13.8 Å². The smallest absolute Gasteiger partial charge is 0.290 e. The lowest BCUT2D eigenvalue weighted by Crippen LogP contribution is -2.10. The molecule has 1 unspecified atom stereocenters. The molecule has 4 rings (SSSR count). The zero-order valence-electron chi connectivity index (χ0n) is 14.4. The van der Waals surface area contributed by atoms with Crippen molar-refractivity contribution in [2.75, 3.05) is 0 Å². The molecule has 25 heavy (non-hydrogen) atoms. The van der Waals surface area contributed by atoms with Crippen LogP contribution in [0.25, 0.3) is 16.7 Å². The molecule has 0 bridgehead atoms. The molecule has 1 atom stereocenters. The van der Waals surface area contributed by atoms with Crippen LogP contribution < -0.4 is 0 Å². The number of fused-ring (bicyclic) bond motifs is 1. The van der Waals surface area contributed by atoms with E-state index in [-0.39, 0.29) is 6.47 Å². The summed E-state index contributed by atoms with van der Waals surface area (Å²) >= 11 is 0. The second-order valence-electron chi connectivity index (χ2n) is 6.19. The molecule has 0 amide bonds. The minimum Gasteiger partial charge on any atom is -0.483 e. The van der Waals surface area contributed by atoms with E-state index in [1.807, 2.05) is 6.20 Å². The number of carbonyl (C=O) groups is 1. The van der Waals surface area contributed by atoms with Gasteiger partial charge in [0.05, 0.1) is 23.0 Å². The second kappa shape index (κ2) is 7.34. The minimum absolute atomic E-state index is 0.250. The highest BCUT2D eigenvalue weighted by Crippen LogP contribution is 2.32. The molecule has 2 heterocycles. The summed E-state index contributed by atoms with van der Waals surface area (Å²) in [6, 6.07) is 2.19. The third-order valence-electron chi connectivity index (χ3n) is 4.81. The van der Waals surface area contributed by atoms with Crippen LogP contribution >= 0.6 is 0 Å². The highest BCUT2D eigenvalue weighted by Gasteiger charge is 2.20. The first-order valence-corrected chi connectivity index (χ1v) is 8.37. The van der Waals surface area contributed by atoms with Crippen LogP contribution in [0.5, 0.6) is 0 Å². The van der Waals surface area contributed by atoms with E-state index < -0.39 is 0 Å². The normalized spacial score (nSPS) is 16.5. The molecule has 6 nitrogen and oxygen atoms in total. The molecule has 1 aliphatic carbocycles. The molecule has 130 valence electrons. The van der Waals surface area contributed by atoms with Crippen LogP contribution in [0.1, 0.15) is 42.1 Å². The van der Waals surface area contributed by atoms with Gasteiger partial charge >= 0.3 is 0 Å². The van der Waals surface area contributed by atoms with Crippen molar-refractivity contribution in [3.05, 3.63) is 53.9 Å². The van der Waals surface area contributed by atoms with E-state index in [0.717, 1.165) is 23.9 Å². The van der Waals surface area contributed by atoms with Crippen LogP contribution in [-0.2, 0) is 4.79 Å². The topological polar surface area (TPSA) is 83.8 Å². The van der Waals surface area contributed by atoms with Crippen molar-refractivity contribution in [1.82, 2.24) is 19.5 Å². The number of aromatic nitrogens is 4. The summed E-state index contributed by atoms with van der Waals surface area (Å²) in [7, 11) is 0. The lowest BCUT2D eigenvalue weighted by molar-refractivity contribution is -0.122. The van der Waals surface area contributed by atoms with Crippen molar-refractivity contribution < 1.29 is 9.90 Å². The maximum atomic E-state index is 8.36. The van der Waals surface area contributed by atoms with E-state index in [1.165, 1.54) is 29.1 Å². The molecule has 0 fully saturated rings. The molecular formula is C19H22N4O2. The standard InChI is InChI=1S/C18H20N4.CH2O2/c1-12-13(2)17-15(20-11-21-17)10-16(12)22-9-8-19-18(22)14-6-4-3-5-7-14;2-1-3/h3-4,8-11,14H,5-7H2,1-2H3,(H,20,21);1H,(H,2,3). The Bertz CT molecular complexity index is 907. The molecule has 0 saturated heterocycles. The number of aromatic amines is 1. The number of carboxylic acid groups (broad SMARTS) is 1. The SMILES string of the molecule is Cc1c(-n2ccnc2C2CC=CCC2)cc2[nH]cnc2c1C.O=CO. The molecule has 3 aromatic rings. The number of imidazole rings is 2. The van der Waals surface area contributed by atoms with Crippen molar-refractivity contribution in [3.8, 4) is 5.69 Å². The average Bonchev–Trinajstić information content (AvgIpc) is 3.28. The van der Waals surface area contributed by atoms with Gasteiger partial charge in [0.1, 0.15) is 5.82 Å². The van der Waals surface area contributed by atoms with Crippen LogP contribution in [0.3, 0.4) is 0 Å². The Morgan fingerprint density at radius 1 is 1.28 bits per heavy atom. The molecule has 1 aromatic carbocycles. The summed E-state index contributed by atoms with van der Waals surface area (Å²) in [5.41, 5.74) is 5.85. The number of allylic oxidation sites excluding steroid dienone is 2. The number of rotatable bonds is 2. The van der Waals surface area contributed by atoms with Crippen LogP contribution in [0.15, 0.2) is 36.9 Å². The van der Waals surface area contributed by atoms with Gasteiger partial charge in [-0.3, -0.25) is 4.79 Å². The molecule has 2 aromatic heterocycles. The average molecular weight is 338 g/mol. The van der Waals surface area contributed by atoms with Crippen LogP contribution in [0.4, 0.5) is 0 Å². The van der Waals surface area contributed by atoms with E-state index in [4.69, 9.17) is 9.90 Å². The first-order chi connectivity index (χ1) is 12.2. The Morgan fingerprint density at radius 3 is 2.80 bits per heavy atom. The highest BCUT2D eigenvalue weighted by molar-refractivity contribution is 5.82. The summed E-state index contributed by atoms with van der Waals surface area (Å²) in [4.78, 5) is 20.7. The number of aryl methyl sites for hydroxylation is 1. The predicted octanol–water partition coefficient (Wildman–Crippen LogP) is 3.89. The van der Waals surface area contributed by atoms with E-state index >= 15 is 0 Å². The second-order valence-corrected chi connectivity index (χ2v) is 6.19. The fraction of sp³-hybridized carbons (Fsp3) is 0.316. The number of H-pyrrole nitrogens is 1. The van der Waals surface area contributed by atoms with Gasteiger partial charge in [-0.05, 0) is 50.3 Å². The molecular weight excluding hydrogens is 316 g/mol. The van der Waals surface area contributed by atoms with Gasteiger partial charge in [0.2, 0.25) is 0 Å². The summed E-state index contributed by atoms with van der Waals surface area (Å²) in [6.45, 7) is 4.06. The van der Waals surface area contributed by atoms with Gasteiger partial charge in [0.25, 0.3) is 6.47 Å². The van der Waals surface area contributed by atoms with Gasteiger partial charge in [-0.2, -0.15) is 0 Å². The fourth-order valence-corrected chi connectivity index (χ4v) is 3.43. The molecule has 0 saturated carbocycles. The molecule has 1 aliphatic rings. The van der Waals surface area contributed by atoms with Crippen LogP contribution in [0.2, 0.25) is 0 Å². The third-order valence-corrected chi connectivity index (χ3v) is 4.81. The fourth-order valence-electron chi connectivity index (χ4n) is 3.43. The van der Waals surface area contributed by atoms with Crippen molar-refractivity contribution in [2.45, 2.75) is 39.0 Å². The lowest BCUT2D eigenvalue weighted by atomic mass is 9.93. The maximum absolute atomic E-state index is 8.36. The van der Waals surface area contributed by atoms with E-state index in [9.17, 15) is 0 Å². The van der Waals surface area contributed by atoms with Gasteiger partial charge in [-0.1, -0.05) is 12.2 Å². The number of nitrogens with zero attached hydrogens (tertiary/aromatic N) is 3. The Labute approximate surface area is 146 Å². The van der Waals surface area contributed by atoms with Crippen LogP contribution in [-0.4, -0.2) is 31.1 Å². The van der Waals surface area contributed by atoms with Crippen molar-refractivity contribution in [2.24, 2.45) is 0 Å². The minimum atomic E-state index is -0.250. The summed E-state index contributed by atoms with van der Waals surface area (Å²) in [5.74, 6) is 1.68. The number of nitrogens with one attached hydrogen (secondary N) is 1. The monoisotopic (exact) mass is 338 g/mol. The van der Waals surface area contributed by atoms with E-state index in [2.05, 4.69) is 57.8 Å². The third kappa shape index (κ3) is 3.20. The number of hydrogen-bond donors (Lipinski definition) is 2. The number of hydrogen-bond acceptors (Lipinski definition) is 3.